The molecule has 11 heteroatoms. The van der Waals surface area contributed by atoms with Crippen molar-refractivity contribution in [1.82, 2.24) is 4.98 Å². The lowest BCUT2D eigenvalue weighted by molar-refractivity contribution is -0.274. The molecule has 2 heterocycles. The summed E-state index contributed by atoms with van der Waals surface area (Å²) in [5.74, 6) is -2.39. The second-order valence-corrected chi connectivity index (χ2v) is 7.53. The summed E-state index contributed by atoms with van der Waals surface area (Å²) in [5.41, 5.74) is 0.216. The average molecular weight is 500 g/mol. The van der Waals surface area contributed by atoms with Gasteiger partial charge in [0.05, 0.1) is 31.1 Å². The van der Waals surface area contributed by atoms with Gasteiger partial charge < -0.3 is 19.3 Å². The van der Waals surface area contributed by atoms with Crippen LogP contribution in [0.3, 0.4) is 0 Å². The number of pyridine rings is 1. The number of ketones is 1. The molecule has 8 nitrogen and oxygen atoms in total. The minimum atomic E-state index is -4.89. The number of ether oxygens (including phenoxy) is 3. The molecule has 3 aromatic rings. The number of halogens is 3. The minimum absolute atomic E-state index is 0.100. The SMILES string of the molecule is COc1ccc(/C(O)=C2/C(=O)C(=O)N(c3ccc(OC(F)(F)F)cc3)C2c2ccccn2)c(OC)c1. The van der Waals surface area contributed by atoms with Crippen LogP contribution in [-0.4, -0.2) is 42.4 Å². The predicted octanol–water partition coefficient (Wildman–Crippen LogP) is 4.62. The van der Waals surface area contributed by atoms with E-state index in [-0.39, 0.29) is 28.3 Å². The van der Waals surface area contributed by atoms with Crippen molar-refractivity contribution in [3.8, 4) is 17.2 Å². The first-order chi connectivity index (χ1) is 17.1. The molecule has 1 saturated heterocycles. The molecule has 1 N–H and O–H groups in total. The Morgan fingerprint density at radius 1 is 0.972 bits per heavy atom. The van der Waals surface area contributed by atoms with Gasteiger partial charge in [0, 0.05) is 18.0 Å². The second kappa shape index (κ2) is 9.61. The van der Waals surface area contributed by atoms with Crippen LogP contribution in [0.25, 0.3) is 5.76 Å². The Morgan fingerprint density at radius 3 is 2.25 bits per heavy atom. The number of methoxy groups -OCH3 is 2. The van der Waals surface area contributed by atoms with E-state index in [0.717, 1.165) is 17.0 Å². The summed E-state index contributed by atoms with van der Waals surface area (Å²) in [5, 5.41) is 11.2. The number of aliphatic hydroxyl groups excluding tert-OH is 1. The summed E-state index contributed by atoms with van der Waals surface area (Å²) in [6.45, 7) is 0. The third-order valence-corrected chi connectivity index (χ3v) is 5.42. The predicted molar refractivity (Wildman–Crippen MR) is 122 cm³/mol. The van der Waals surface area contributed by atoms with Crippen molar-refractivity contribution in [2.75, 3.05) is 19.1 Å². The van der Waals surface area contributed by atoms with Gasteiger partial charge >= 0.3 is 6.36 Å². The third-order valence-electron chi connectivity index (χ3n) is 5.42. The molecule has 1 amide bonds. The fraction of sp³-hybridized carbons (Fsp3) is 0.160. The molecular formula is C25H19F3N2O6. The number of Topliss-reactive ketones (excluding diaryl/α,β-unsaturated/α-hetero) is 1. The van der Waals surface area contributed by atoms with Gasteiger partial charge in [0.2, 0.25) is 0 Å². The van der Waals surface area contributed by atoms with Gasteiger partial charge in [-0.15, -0.1) is 13.2 Å². The molecule has 0 spiro atoms. The van der Waals surface area contributed by atoms with E-state index in [2.05, 4.69) is 9.72 Å². The molecule has 1 atom stereocenters. The smallest absolute Gasteiger partial charge is 0.507 e. The normalized spacial score (nSPS) is 17.2. The first-order valence-corrected chi connectivity index (χ1v) is 10.4. The standard InChI is InChI=1S/C25H19F3N2O6/c1-34-16-10-11-17(19(13-16)35-2)22(31)20-21(18-5-3-4-12-29-18)30(24(33)23(20)32)14-6-8-15(9-7-14)36-25(26,27)28/h3-13,21,31H,1-2H3/b22-20-. The number of alkyl halides is 3. The topological polar surface area (TPSA) is 98.2 Å². The minimum Gasteiger partial charge on any atom is -0.507 e. The van der Waals surface area contributed by atoms with Gasteiger partial charge in [-0.2, -0.15) is 0 Å². The van der Waals surface area contributed by atoms with Crippen molar-refractivity contribution in [1.29, 1.82) is 0 Å². The molecule has 1 aromatic heterocycles. The fourth-order valence-corrected chi connectivity index (χ4v) is 3.86. The monoisotopic (exact) mass is 500 g/mol. The summed E-state index contributed by atoms with van der Waals surface area (Å²) in [4.78, 5) is 31.6. The summed E-state index contributed by atoms with van der Waals surface area (Å²) in [7, 11) is 2.82. The summed E-state index contributed by atoms with van der Waals surface area (Å²) < 4.78 is 52.1. The molecule has 0 bridgehead atoms. The van der Waals surface area contributed by atoms with Crippen molar-refractivity contribution in [3.63, 3.8) is 0 Å². The van der Waals surface area contributed by atoms with E-state index in [1.54, 1.807) is 24.3 Å². The maximum atomic E-state index is 13.2. The number of aliphatic hydroxyl groups is 1. The number of hydrogen-bond donors (Lipinski definition) is 1. The molecule has 186 valence electrons. The Bertz CT molecular complexity index is 1320. The molecule has 1 unspecified atom stereocenters. The lowest BCUT2D eigenvalue weighted by Gasteiger charge is -2.25. The van der Waals surface area contributed by atoms with Crippen molar-refractivity contribution < 1.29 is 42.1 Å². The molecule has 4 rings (SSSR count). The Hall–Kier alpha value is -4.54. The quantitative estimate of drug-likeness (QED) is 0.300. The number of anilines is 1. The van der Waals surface area contributed by atoms with Crippen LogP contribution in [-0.2, 0) is 9.59 Å². The van der Waals surface area contributed by atoms with E-state index in [1.165, 1.54) is 44.7 Å². The zero-order valence-electron chi connectivity index (χ0n) is 18.9. The molecule has 1 aliphatic heterocycles. The van der Waals surface area contributed by atoms with E-state index in [0.29, 0.717) is 5.75 Å². The Balaban J connectivity index is 1.87. The lowest BCUT2D eigenvalue weighted by atomic mass is 9.97. The number of carbonyl (C=O) groups excluding carboxylic acids is 2. The van der Waals surface area contributed by atoms with Gasteiger partial charge in [-0.05, 0) is 48.5 Å². The zero-order chi connectivity index (χ0) is 26.0. The molecule has 0 aliphatic carbocycles. The Morgan fingerprint density at radius 2 is 1.67 bits per heavy atom. The van der Waals surface area contributed by atoms with Crippen LogP contribution in [0.5, 0.6) is 17.2 Å². The summed E-state index contributed by atoms with van der Waals surface area (Å²) >= 11 is 0. The average Bonchev–Trinajstić information content (AvgIpc) is 3.13. The lowest BCUT2D eigenvalue weighted by Crippen LogP contribution is -2.29. The van der Waals surface area contributed by atoms with Crippen LogP contribution in [0.2, 0.25) is 0 Å². The van der Waals surface area contributed by atoms with Crippen molar-refractivity contribution in [3.05, 3.63) is 83.7 Å². The molecule has 1 fully saturated rings. The highest BCUT2D eigenvalue weighted by molar-refractivity contribution is 6.51. The van der Waals surface area contributed by atoms with Gasteiger partial charge in [-0.1, -0.05) is 6.07 Å². The molecule has 1 aliphatic rings. The summed E-state index contributed by atoms with van der Waals surface area (Å²) in [6.07, 6.45) is -3.44. The number of carbonyl (C=O) groups is 2. The van der Waals surface area contributed by atoms with E-state index in [1.807, 2.05) is 0 Å². The van der Waals surface area contributed by atoms with Gasteiger partial charge in [-0.25, -0.2) is 0 Å². The highest BCUT2D eigenvalue weighted by atomic mass is 19.4. The van der Waals surface area contributed by atoms with Crippen LogP contribution in [0, 0.1) is 0 Å². The summed E-state index contributed by atoms with van der Waals surface area (Å²) in [6, 6.07) is 12.6. The van der Waals surface area contributed by atoms with Crippen LogP contribution < -0.4 is 19.1 Å². The Labute approximate surface area is 203 Å². The highest BCUT2D eigenvalue weighted by Gasteiger charge is 2.48. The van der Waals surface area contributed by atoms with Gasteiger partial charge in [0.25, 0.3) is 11.7 Å². The van der Waals surface area contributed by atoms with Crippen LogP contribution in [0.15, 0.2) is 72.4 Å². The van der Waals surface area contributed by atoms with Gasteiger partial charge in [0.1, 0.15) is 29.0 Å². The van der Waals surface area contributed by atoms with E-state index < -0.39 is 35.6 Å². The van der Waals surface area contributed by atoms with Gasteiger partial charge in [-0.3, -0.25) is 19.5 Å². The number of benzene rings is 2. The van der Waals surface area contributed by atoms with Crippen LogP contribution in [0.4, 0.5) is 18.9 Å². The number of amides is 1. The molecule has 2 aromatic carbocycles. The fourth-order valence-electron chi connectivity index (χ4n) is 3.86. The van der Waals surface area contributed by atoms with Crippen LogP contribution >= 0.6 is 0 Å². The Kier molecular flexibility index (Phi) is 6.56. The van der Waals surface area contributed by atoms with Crippen molar-refractivity contribution >= 4 is 23.1 Å². The molecule has 0 saturated carbocycles. The second-order valence-electron chi connectivity index (χ2n) is 7.53. The highest BCUT2D eigenvalue weighted by Crippen LogP contribution is 2.43. The van der Waals surface area contributed by atoms with E-state index in [4.69, 9.17) is 9.47 Å². The molecular weight excluding hydrogens is 481 g/mol. The number of aromatic nitrogens is 1. The van der Waals surface area contributed by atoms with Gasteiger partial charge in [0.15, 0.2) is 0 Å². The van der Waals surface area contributed by atoms with E-state index >= 15 is 0 Å². The van der Waals surface area contributed by atoms with E-state index in [9.17, 15) is 27.9 Å². The molecule has 36 heavy (non-hydrogen) atoms. The number of hydrogen-bond acceptors (Lipinski definition) is 7. The molecule has 0 radical (unpaired) electrons. The zero-order valence-corrected chi connectivity index (χ0v) is 18.9. The van der Waals surface area contributed by atoms with Crippen molar-refractivity contribution in [2.45, 2.75) is 12.4 Å². The number of nitrogens with zero attached hydrogens (tertiary/aromatic N) is 2. The van der Waals surface area contributed by atoms with Crippen molar-refractivity contribution in [2.24, 2.45) is 0 Å². The first kappa shape index (κ1) is 24.6. The third kappa shape index (κ3) is 4.67. The maximum absolute atomic E-state index is 13.2. The maximum Gasteiger partial charge on any atom is 0.573 e. The van der Waals surface area contributed by atoms with Crippen LogP contribution in [0.1, 0.15) is 17.3 Å². The number of rotatable bonds is 6. The largest absolute Gasteiger partial charge is 0.573 e. The first-order valence-electron chi connectivity index (χ1n) is 10.4.